The van der Waals surface area contributed by atoms with Crippen LogP contribution in [0.4, 0.5) is 4.39 Å². The third-order valence-electron chi connectivity index (χ3n) is 4.17. The van der Waals surface area contributed by atoms with E-state index in [1.54, 1.807) is 39.0 Å². The molecular weight excluding hydrogens is 334 g/mol. The quantitative estimate of drug-likeness (QED) is 0.727. The van der Waals surface area contributed by atoms with Crippen LogP contribution in [-0.2, 0) is 14.6 Å². The van der Waals surface area contributed by atoms with Crippen molar-refractivity contribution in [3.05, 3.63) is 41.9 Å². The number of hydrogen-bond donors (Lipinski definition) is 3. The van der Waals surface area contributed by atoms with Crippen LogP contribution in [0, 0.1) is 5.41 Å². The van der Waals surface area contributed by atoms with Crippen molar-refractivity contribution in [2.45, 2.75) is 38.7 Å². The minimum atomic E-state index is -4.67. The largest absolute Gasteiger partial charge is 0.474 e. The maximum atomic E-state index is 14.8. The van der Waals surface area contributed by atoms with Gasteiger partial charge in [-0.05, 0) is 17.6 Å². The number of para-hydroxylation sites is 1. The predicted molar refractivity (Wildman–Crippen MR) is 88.0 cm³/mol. The minimum Gasteiger partial charge on any atom is -0.474 e. The highest BCUT2D eigenvalue weighted by Gasteiger charge is 2.54. The minimum absolute atomic E-state index is 0.00407. The number of aromatic nitrogens is 2. The Hall–Kier alpha value is -1.69. The lowest BCUT2D eigenvalue weighted by atomic mass is 9.85. The van der Waals surface area contributed by atoms with Crippen LogP contribution in [0.3, 0.4) is 0 Å². The van der Waals surface area contributed by atoms with Crippen molar-refractivity contribution in [3.8, 4) is 0 Å². The Labute approximate surface area is 138 Å². The zero-order valence-electron chi connectivity index (χ0n) is 13.7. The number of nitrogens with one attached hydrogen (secondary N) is 1. The number of imidazole rings is 1. The molecule has 0 radical (unpaired) electrons. The van der Waals surface area contributed by atoms with E-state index < -0.39 is 24.5 Å². The van der Waals surface area contributed by atoms with E-state index in [1.807, 2.05) is 0 Å². The Morgan fingerprint density at radius 2 is 2.12 bits per heavy atom. The first-order valence-corrected chi connectivity index (χ1v) is 9.19. The molecule has 2 heterocycles. The second-order valence-corrected chi connectivity index (χ2v) is 8.89. The van der Waals surface area contributed by atoms with Crippen molar-refractivity contribution in [1.82, 2.24) is 9.97 Å². The maximum Gasteiger partial charge on any atom is 0.376 e. The molecule has 1 aliphatic heterocycles. The van der Waals surface area contributed by atoms with Gasteiger partial charge in [-0.2, -0.15) is 0 Å². The molecule has 24 heavy (non-hydrogen) atoms. The Bertz CT molecular complexity index is 841. The average molecular weight is 354 g/mol. The zero-order valence-corrected chi connectivity index (χ0v) is 14.5. The van der Waals surface area contributed by atoms with Crippen LogP contribution in [0.1, 0.15) is 44.8 Å². The number of fused-ring (bicyclic) bond motifs is 1. The Kier molecular flexibility index (Phi) is 3.86. The van der Waals surface area contributed by atoms with Gasteiger partial charge in [0, 0.05) is 12.0 Å². The van der Waals surface area contributed by atoms with E-state index in [0.717, 1.165) is 0 Å². The monoisotopic (exact) mass is 354 g/mol. The first-order valence-electron chi connectivity index (χ1n) is 7.58. The first-order chi connectivity index (χ1) is 11.1. The number of alkyl halides is 1. The number of benzene rings is 1. The van der Waals surface area contributed by atoms with E-state index in [9.17, 15) is 18.7 Å². The second kappa shape index (κ2) is 5.41. The highest BCUT2D eigenvalue weighted by molar-refractivity contribution is 7.52. The molecule has 1 aromatic carbocycles. The highest BCUT2D eigenvalue weighted by atomic mass is 31.2. The average Bonchev–Trinajstić information content (AvgIpc) is 3.11. The molecule has 3 N–H and O–H groups in total. The molecule has 0 saturated carbocycles. The summed E-state index contributed by atoms with van der Waals surface area (Å²) in [6, 6.07) is 5.02. The second-order valence-electron chi connectivity index (χ2n) is 7.08. The van der Waals surface area contributed by atoms with Crippen molar-refractivity contribution in [1.29, 1.82) is 0 Å². The van der Waals surface area contributed by atoms with Gasteiger partial charge in [0.25, 0.3) is 5.34 Å². The number of ether oxygens (including phenoxy) is 1. The van der Waals surface area contributed by atoms with Crippen LogP contribution in [0.25, 0.3) is 11.0 Å². The van der Waals surface area contributed by atoms with Crippen LogP contribution >= 0.6 is 7.60 Å². The molecule has 1 aromatic heterocycles. The van der Waals surface area contributed by atoms with Gasteiger partial charge in [-0.15, -0.1) is 0 Å². The van der Waals surface area contributed by atoms with Gasteiger partial charge in [-0.1, -0.05) is 32.9 Å². The van der Waals surface area contributed by atoms with E-state index in [1.165, 1.54) is 12.3 Å². The standard InChI is InChI=1S/C16H20FN2O4P/c1-15(2,3)13(17)10-6-4-7-11-12(10)19-14(18-11)16(24(20,21)22)8-5-9-23-16/h4-7,9,13H,8H2,1-3H3,(H,18,19)(H2,20,21,22). The molecule has 2 atom stereocenters. The van der Waals surface area contributed by atoms with Gasteiger partial charge in [0.15, 0.2) is 5.82 Å². The summed E-state index contributed by atoms with van der Waals surface area (Å²) in [6.07, 6.45) is 1.50. The molecule has 6 nitrogen and oxygen atoms in total. The van der Waals surface area contributed by atoms with Gasteiger partial charge in [-0.3, -0.25) is 4.57 Å². The number of nitrogens with zero attached hydrogens (tertiary/aromatic N) is 1. The highest BCUT2D eigenvalue weighted by Crippen LogP contribution is 2.61. The molecule has 3 rings (SSSR count). The molecule has 8 heteroatoms. The molecule has 2 unspecified atom stereocenters. The summed E-state index contributed by atoms with van der Waals surface area (Å²) in [6.45, 7) is 5.35. The van der Waals surface area contributed by atoms with Gasteiger partial charge in [0.1, 0.15) is 6.17 Å². The lowest BCUT2D eigenvalue weighted by Gasteiger charge is -2.27. The first kappa shape index (κ1) is 17.1. The molecule has 2 aromatic rings. The van der Waals surface area contributed by atoms with Crippen LogP contribution in [0.5, 0.6) is 0 Å². The Balaban J connectivity index is 2.18. The molecule has 0 saturated heterocycles. The number of halogens is 1. The molecule has 0 amide bonds. The normalized spacial score (nSPS) is 22.8. The van der Waals surface area contributed by atoms with Gasteiger partial charge in [0.05, 0.1) is 17.3 Å². The van der Waals surface area contributed by atoms with Gasteiger partial charge in [-0.25, -0.2) is 9.37 Å². The van der Waals surface area contributed by atoms with Crippen LogP contribution in [0.2, 0.25) is 0 Å². The van der Waals surface area contributed by atoms with E-state index >= 15 is 0 Å². The fourth-order valence-corrected chi connectivity index (χ4v) is 3.73. The lowest BCUT2D eigenvalue weighted by Crippen LogP contribution is -2.26. The summed E-state index contributed by atoms with van der Waals surface area (Å²) in [7, 11) is -4.67. The molecule has 130 valence electrons. The van der Waals surface area contributed by atoms with Crippen molar-refractivity contribution in [3.63, 3.8) is 0 Å². The third-order valence-corrected chi connectivity index (χ3v) is 5.61. The Morgan fingerprint density at radius 1 is 1.42 bits per heavy atom. The maximum absolute atomic E-state index is 14.8. The summed E-state index contributed by atoms with van der Waals surface area (Å²) in [5.74, 6) is 0.00407. The molecule has 0 aliphatic carbocycles. The molecule has 1 aliphatic rings. The van der Waals surface area contributed by atoms with Crippen LogP contribution in [0.15, 0.2) is 30.5 Å². The Morgan fingerprint density at radius 3 is 2.67 bits per heavy atom. The van der Waals surface area contributed by atoms with Gasteiger partial charge < -0.3 is 19.5 Å². The molecule has 0 fully saturated rings. The summed E-state index contributed by atoms with van der Waals surface area (Å²) in [4.78, 5) is 26.7. The topological polar surface area (TPSA) is 95.4 Å². The number of H-pyrrole nitrogens is 1. The van der Waals surface area contributed by atoms with Gasteiger partial charge >= 0.3 is 7.60 Å². The number of rotatable bonds is 3. The van der Waals surface area contributed by atoms with Crippen molar-refractivity contribution in [2.75, 3.05) is 0 Å². The predicted octanol–water partition coefficient (Wildman–Crippen LogP) is 3.88. The fraction of sp³-hybridized carbons (Fsp3) is 0.438. The summed E-state index contributed by atoms with van der Waals surface area (Å²) in [5, 5.41) is -1.88. The molecular formula is C16H20FN2O4P. The van der Waals surface area contributed by atoms with Crippen LogP contribution in [-0.4, -0.2) is 19.8 Å². The van der Waals surface area contributed by atoms with E-state index in [0.29, 0.717) is 16.6 Å². The van der Waals surface area contributed by atoms with Gasteiger partial charge in [0.2, 0.25) is 0 Å². The van der Waals surface area contributed by atoms with E-state index in [2.05, 4.69) is 9.97 Å². The SMILES string of the molecule is CC(C)(C)C(F)c1cccc2[nH]c(C3(P(=O)(O)O)CC=CO3)nc12. The van der Waals surface area contributed by atoms with Crippen molar-refractivity contribution < 1.29 is 23.5 Å². The lowest BCUT2D eigenvalue weighted by molar-refractivity contribution is 0.0841. The molecule has 0 bridgehead atoms. The third kappa shape index (κ3) is 2.57. The summed E-state index contributed by atoms with van der Waals surface area (Å²) >= 11 is 0. The zero-order chi connectivity index (χ0) is 17.8. The summed E-state index contributed by atoms with van der Waals surface area (Å²) in [5.41, 5.74) is 0.630. The van der Waals surface area contributed by atoms with E-state index in [4.69, 9.17) is 4.74 Å². The van der Waals surface area contributed by atoms with Crippen molar-refractivity contribution in [2.24, 2.45) is 5.41 Å². The van der Waals surface area contributed by atoms with Crippen LogP contribution < -0.4 is 0 Å². The fourth-order valence-electron chi connectivity index (χ4n) is 2.81. The smallest absolute Gasteiger partial charge is 0.376 e. The number of hydrogen-bond acceptors (Lipinski definition) is 3. The molecule has 0 spiro atoms. The number of aromatic amines is 1. The summed E-state index contributed by atoms with van der Waals surface area (Å²) < 4.78 is 32.1. The van der Waals surface area contributed by atoms with Crippen molar-refractivity contribution >= 4 is 18.6 Å². The van der Waals surface area contributed by atoms with E-state index in [-0.39, 0.29) is 12.2 Å².